The molecular formula is C29H28Cl2N6O2. The average Bonchev–Trinajstić information content (AvgIpc) is 2.95. The molecule has 2 aromatic heterocycles. The van der Waals surface area contributed by atoms with Crippen molar-refractivity contribution < 1.29 is 9.53 Å². The van der Waals surface area contributed by atoms with E-state index in [0.29, 0.717) is 50.5 Å². The van der Waals surface area contributed by atoms with Gasteiger partial charge in [-0.15, -0.1) is 0 Å². The number of hydrogen-bond acceptors (Lipinski definition) is 7. The number of nitrogens with one attached hydrogen (secondary N) is 2. The summed E-state index contributed by atoms with van der Waals surface area (Å²) in [6.07, 6.45) is 10.3. The maximum atomic E-state index is 12.6. The number of piperidine rings is 1. The number of halogens is 2. The number of nitrogens with zero attached hydrogens (tertiary/aromatic N) is 4. The second kappa shape index (κ2) is 12.9. The number of amides is 1. The molecule has 1 amide bonds. The third-order valence-electron chi connectivity index (χ3n) is 6.38. The average molecular weight is 563 g/mol. The van der Waals surface area contributed by atoms with Crippen LogP contribution in [-0.4, -0.2) is 45.4 Å². The highest BCUT2D eigenvalue weighted by Crippen LogP contribution is 2.36. The lowest BCUT2D eigenvalue weighted by Gasteiger charge is -2.24. The van der Waals surface area contributed by atoms with Gasteiger partial charge >= 0.3 is 0 Å². The van der Waals surface area contributed by atoms with E-state index in [2.05, 4.69) is 30.5 Å². The van der Waals surface area contributed by atoms with Gasteiger partial charge in [0.05, 0.1) is 32.3 Å². The molecule has 5 rings (SSSR count). The quantitative estimate of drug-likeness (QED) is 0.221. The molecule has 2 aromatic carbocycles. The van der Waals surface area contributed by atoms with Gasteiger partial charge in [-0.25, -0.2) is 9.97 Å². The van der Waals surface area contributed by atoms with Gasteiger partial charge in [0.1, 0.15) is 24.5 Å². The number of likely N-dealkylation sites (tertiary alicyclic amines) is 1. The molecular weight excluding hydrogens is 535 g/mol. The van der Waals surface area contributed by atoms with Crippen molar-refractivity contribution in [2.24, 2.45) is 0 Å². The van der Waals surface area contributed by atoms with Crippen LogP contribution in [0.25, 0.3) is 10.9 Å². The van der Waals surface area contributed by atoms with Gasteiger partial charge in [0, 0.05) is 24.5 Å². The maximum Gasteiger partial charge on any atom is 0.248 e. The van der Waals surface area contributed by atoms with Crippen molar-refractivity contribution in [2.75, 3.05) is 30.3 Å². The molecule has 0 spiro atoms. The minimum atomic E-state index is -0.243. The molecule has 1 fully saturated rings. The molecule has 3 heterocycles. The Hall–Kier alpha value is -3.72. The van der Waals surface area contributed by atoms with Crippen molar-refractivity contribution >= 4 is 57.2 Å². The Morgan fingerprint density at radius 2 is 1.90 bits per heavy atom. The van der Waals surface area contributed by atoms with E-state index in [1.807, 2.05) is 30.3 Å². The van der Waals surface area contributed by atoms with Crippen molar-refractivity contribution in [3.05, 3.63) is 88.9 Å². The fourth-order valence-corrected chi connectivity index (χ4v) is 4.93. The molecule has 4 aromatic rings. The molecule has 200 valence electrons. The number of pyridine rings is 1. The molecule has 2 N–H and O–H groups in total. The van der Waals surface area contributed by atoms with Crippen LogP contribution in [0.4, 0.5) is 17.2 Å². The normalized spacial score (nSPS) is 14.0. The second-order valence-corrected chi connectivity index (χ2v) is 9.96. The number of fused-ring (bicyclic) bond motifs is 1. The number of ether oxygens (including phenoxy) is 1. The number of anilines is 3. The number of carbonyl (C=O) groups is 1. The predicted molar refractivity (Wildman–Crippen MR) is 156 cm³/mol. The fraction of sp³-hybridized carbons (Fsp3) is 0.241. The van der Waals surface area contributed by atoms with Gasteiger partial charge in [-0.2, -0.15) is 0 Å². The summed E-state index contributed by atoms with van der Waals surface area (Å²) in [5.74, 6) is 0.782. The molecule has 10 heteroatoms. The Labute approximate surface area is 237 Å². The summed E-state index contributed by atoms with van der Waals surface area (Å²) in [6.45, 7) is 3.21. The Morgan fingerprint density at radius 1 is 1.03 bits per heavy atom. The number of rotatable bonds is 9. The molecule has 0 atom stereocenters. The standard InChI is InChI=1S/C29H28Cl2N6O2/c30-22-17-20(9-12-25(22)39-18-21-7-2-3-13-32-21)35-29-27-23(33-19-34-29)10-11-24(28(27)31)36-26(38)8-6-16-37-14-4-1-5-15-37/h2-3,6-13,17,19H,1,4-5,14-16,18H2,(H,36,38)(H,33,34,35)/b8-6+. The highest BCUT2D eigenvalue weighted by atomic mass is 35.5. The summed E-state index contributed by atoms with van der Waals surface area (Å²) in [5, 5.41) is 7.50. The zero-order valence-corrected chi connectivity index (χ0v) is 22.8. The molecule has 0 unspecified atom stereocenters. The first kappa shape index (κ1) is 26.9. The first-order chi connectivity index (χ1) is 19.1. The molecule has 0 radical (unpaired) electrons. The Kier molecular flexibility index (Phi) is 8.88. The minimum absolute atomic E-state index is 0.243. The van der Waals surface area contributed by atoms with Crippen LogP contribution < -0.4 is 15.4 Å². The van der Waals surface area contributed by atoms with Crippen LogP contribution in [0, 0.1) is 0 Å². The maximum absolute atomic E-state index is 12.6. The van der Waals surface area contributed by atoms with Gasteiger partial charge in [-0.1, -0.05) is 41.8 Å². The van der Waals surface area contributed by atoms with Crippen LogP contribution in [0.5, 0.6) is 5.75 Å². The first-order valence-corrected chi connectivity index (χ1v) is 13.5. The SMILES string of the molecule is O=C(/C=C/CN1CCCCC1)Nc1ccc2ncnc(Nc3ccc(OCc4ccccn4)c(Cl)c3)c2c1Cl. The lowest BCUT2D eigenvalue weighted by Crippen LogP contribution is -2.29. The lowest BCUT2D eigenvalue weighted by atomic mass is 10.1. The van der Waals surface area contributed by atoms with Gasteiger partial charge in [-0.3, -0.25) is 14.7 Å². The van der Waals surface area contributed by atoms with Gasteiger partial charge < -0.3 is 15.4 Å². The summed E-state index contributed by atoms with van der Waals surface area (Å²) in [5.41, 5.74) is 2.61. The number of aromatic nitrogens is 3. The van der Waals surface area contributed by atoms with Crippen molar-refractivity contribution in [2.45, 2.75) is 25.9 Å². The van der Waals surface area contributed by atoms with Crippen LogP contribution in [0.15, 0.2) is 73.2 Å². The summed E-state index contributed by atoms with van der Waals surface area (Å²) >= 11 is 13.2. The van der Waals surface area contributed by atoms with Gasteiger partial charge in [0.25, 0.3) is 0 Å². The summed E-state index contributed by atoms with van der Waals surface area (Å²) in [6, 6.07) is 14.5. The van der Waals surface area contributed by atoms with Crippen LogP contribution in [0.1, 0.15) is 25.0 Å². The third-order valence-corrected chi connectivity index (χ3v) is 7.06. The fourth-order valence-electron chi connectivity index (χ4n) is 4.40. The highest BCUT2D eigenvalue weighted by Gasteiger charge is 2.15. The smallest absolute Gasteiger partial charge is 0.248 e. The molecule has 1 aliphatic heterocycles. The predicted octanol–water partition coefficient (Wildman–Crippen LogP) is 6.63. The van der Waals surface area contributed by atoms with E-state index >= 15 is 0 Å². The zero-order chi connectivity index (χ0) is 27.0. The van der Waals surface area contributed by atoms with Gasteiger partial charge in [0.15, 0.2) is 0 Å². The number of benzene rings is 2. The summed E-state index contributed by atoms with van der Waals surface area (Å²) in [7, 11) is 0. The van der Waals surface area contributed by atoms with E-state index in [0.717, 1.165) is 25.3 Å². The number of hydrogen-bond donors (Lipinski definition) is 2. The second-order valence-electron chi connectivity index (χ2n) is 9.18. The van der Waals surface area contributed by atoms with E-state index < -0.39 is 0 Å². The van der Waals surface area contributed by atoms with E-state index in [1.54, 1.807) is 36.5 Å². The molecule has 0 saturated carbocycles. The van der Waals surface area contributed by atoms with Crippen LogP contribution >= 0.6 is 23.2 Å². The topological polar surface area (TPSA) is 92.3 Å². The molecule has 0 aliphatic carbocycles. The van der Waals surface area contributed by atoms with Crippen LogP contribution in [-0.2, 0) is 11.4 Å². The highest BCUT2D eigenvalue weighted by molar-refractivity contribution is 6.39. The molecule has 1 saturated heterocycles. The third kappa shape index (κ3) is 7.03. The summed E-state index contributed by atoms with van der Waals surface area (Å²) in [4.78, 5) is 27.9. The van der Waals surface area contributed by atoms with Crippen molar-refractivity contribution in [3.63, 3.8) is 0 Å². The molecule has 1 aliphatic rings. The van der Waals surface area contributed by atoms with Crippen molar-refractivity contribution in [1.82, 2.24) is 19.9 Å². The Balaban J connectivity index is 1.28. The minimum Gasteiger partial charge on any atom is -0.486 e. The van der Waals surface area contributed by atoms with E-state index in [1.165, 1.54) is 25.6 Å². The monoisotopic (exact) mass is 562 g/mol. The van der Waals surface area contributed by atoms with Crippen molar-refractivity contribution in [1.29, 1.82) is 0 Å². The zero-order valence-electron chi connectivity index (χ0n) is 21.2. The molecule has 8 nitrogen and oxygen atoms in total. The van der Waals surface area contributed by atoms with Crippen LogP contribution in [0.3, 0.4) is 0 Å². The van der Waals surface area contributed by atoms with E-state index in [4.69, 9.17) is 27.9 Å². The van der Waals surface area contributed by atoms with Gasteiger partial charge in [-0.05, 0) is 68.4 Å². The first-order valence-electron chi connectivity index (χ1n) is 12.8. The van der Waals surface area contributed by atoms with E-state index in [9.17, 15) is 4.79 Å². The number of carbonyl (C=O) groups excluding carboxylic acids is 1. The van der Waals surface area contributed by atoms with Gasteiger partial charge in [0.2, 0.25) is 5.91 Å². The van der Waals surface area contributed by atoms with E-state index in [-0.39, 0.29) is 5.91 Å². The molecule has 0 bridgehead atoms. The molecule has 39 heavy (non-hydrogen) atoms. The lowest BCUT2D eigenvalue weighted by molar-refractivity contribution is -0.111. The largest absolute Gasteiger partial charge is 0.486 e. The summed E-state index contributed by atoms with van der Waals surface area (Å²) < 4.78 is 5.82. The Morgan fingerprint density at radius 3 is 2.69 bits per heavy atom. The van der Waals surface area contributed by atoms with Crippen LogP contribution in [0.2, 0.25) is 10.0 Å². The Bertz CT molecular complexity index is 1480. The van der Waals surface area contributed by atoms with Crippen molar-refractivity contribution in [3.8, 4) is 5.75 Å².